The van der Waals surface area contributed by atoms with Crippen molar-refractivity contribution < 1.29 is 13.2 Å². The fourth-order valence-electron chi connectivity index (χ4n) is 5.32. The number of hydrogen-bond acceptors (Lipinski definition) is 4. The first-order chi connectivity index (χ1) is 15.2. The number of rotatable bonds is 5. The van der Waals surface area contributed by atoms with Crippen LogP contribution in [0.4, 0.5) is 18.9 Å². The Labute approximate surface area is 188 Å². The zero-order chi connectivity index (χ0) is 22.9. The molecule has 1 N–H and O–H groups in total. The lowest BCUT2D eigenvalue weighted by Crippen LogP contribution is -2.43. The number of hydrogen-bond donors (Lipinski definition) is 1. The van der Waals surface area contributed by atoms with Gasteiger partial charge in [0.2, 0.25) is 0 Å². The van der Waals surface area contributed by atoms with Crippen molar-refractivity contribution in [3.8, 4) is 0 Å². The Morgan fingerprint density at radius 2 is 2.03 bits per heavy atom. The van der Waals surface area contributed by atoms with Crippen molar-refractivity contribution in [3.63, 3.8) is 0 Å². The van der Waals surface area contributed by atoms with Gasteiger partial charge in [0.15, 0.2) is 0 Å². The van der Waals surface area contributed by atoms with Gasteiger partial charge in [0.25, 0.3) is 0 Å². The summed E-state index contributed by atoms with van der Waals surface area (Å²) in [5.74, 6) is 1.31. The summed E-state index contributed by atoms with van der Waals surface area (Å²) in [6.45, 7) is 11.3. The number of nitrogens with zero attached hydrogens (tertiary/aromatic N) is 3. The summed E-state index contributed by atoms with van der Waals surface area (Å²) in [4.78, 5) is 8.68. The number of halogens is 3. The molecule has 2 aromatic rings. The highest BCUT2D eigenvalue weighted by Crippen LogP contribution is 2.39. The van der Waals surface area contributed by atoms with E-state index in [0.29, 0.717) is 17.2 Å². The van der Waals surface area contributed by atoms with E-state index in [9.17, 15) is 13.2 Å². The van der Waals surface area contributed by atoms with Gasteiger partial charge < -0.3 is 15.1 Å². The van der Waals surface area contributed by atoms with Crippen molar-refractivity contribution in [1.82, 2.24) is 15.2 Å². The van der Waals surface area contributed by atoms with Gasteiger partial charge in [-0.3, -0.25) is 4.98 Å². The number of benzene rings is 1. The molecule has 0 bridgehead atoms. The molecule has 2 aliphatic rings. The maximum absolute atomic E-state index is 13.5. The van der Waals surface area contributed by atoms with Crippen LogP contribution in [0.25, 0.3) is 10.9 Å². The SMILES string of the molecule is C=C(NCC1CCCN(C)C1)C1CC(C)CN(c2ccc(C(F)(F)F)c3ncccc23)C1. The van der Waals surface area contributed by atoms with Crippen LogP contribution in [0.1, 0.15) is 31.7 Å². The zero-order valence-electron chi connectivity index (χ0n) is 19.0. The number of aromatic nitrogens is 1. The molecule has 0 saturated carbocycles. The number of anilines is 1. The Morgan fingerprint density at radius 3 is 2.78 bits per heavy atom. The molecule has 2 fully saturated rings. The summed E-state index contributed by atoms with van der Waals surface area (Å²) in [5.41, 5.74) is 1.20. The Kier molecular flexibility index (Phi) is 6.65. The van der Waals surface area contributed by atoms with E-state index in [1.165, 1.54) is 31.6 Å². The highest BCUT2D eigenvalue weighted by molar-refractivity contribution is 5.94. The molecule has 32 heavy (non-hydrogen) atoms. The quantitative estimate of drug-likeness (QED) is 0.687. The van der Waals surface area contributed by atoms with E-state index in [2.05, 4.69) is 40.7 Å². The second-order valence-electron chi connectivity index (χ2n) is 9.65. The zero-order valence-corrected chi connectivity index (χ0v) is 19.0. The van der Waals surface area contributed by atoms with Crippen LogP contribution in [0.3, 0.4) is 0 Å². The van der Waals surface area contributed by atoms with Gasteiger partial charge in [-0.25, -0.2) is 0 Å². The van der Waals surface area contributed by atoms with Gasteiger partial charge in [0.05, 0.1) is 11.1 Å². The molecular weight excluding hydrogens is 413 g/mol. The summed E-state index contributed by atoms with van der Waals surface area (Å²) >= 11 is 0. The van der Waals surface area contributed by atoms with Crippen LogP contribution in [-0.2, 0) is 6.18 Å². The molecule has 0 spiro atoms. The molecule has 2 aliphatic heterocycles. The average molecular weight is 447 g/mol. The van der Waals surface area contributed by atoms with Gasteiger partial charge in [-0.05, 0) is 69.0 Å². The number of piperidine rings is 2. The van der Waals surface area contributed by atoms with Gasteiger partial charge in [-0.15, -0.1) is 0 Å². The van der Waals surface area contributed by atoms with Gasteiger partial charge in [0, 0.05) is 55.1 Å². The van der Waals surface area contributed by atoms with E-state index >= 15 is 0 Å². The molecule has 1 aromatic heterocycles. The second-order valence-corrected chi connectivity index (χ2v) is 9.65. The first-order valence-corrected chi connectivity index (χ1v) is 11.5. The number of nitrogens with one attached hydrogen (secondary N) is 1. The molecule has 3 heterocycles. The van der Waals surface area contributed by atoms with Crippen molar-refractivity contribution in [2.75, 3.05) is 44.7 Å². The maximum atomic E-state index is 13.5. The van der Waals surface area contributed by atoms with Crippen LogP contribution in [0.5, 0.6) is 0 Å². The standard InChI is InChI=1S/C25H33F3N4/c1-17-12-20(18(2)30-13-19-6-5-11-31(3)15-19)16-32(14-17)23-9-8-22(25(26,27)28)24-21(23)7-4-10-29-24/h4,7-10,17,19-20,30H,2,5-6,11-16H2,1,3H3. The third-order valence-electron chi connectivity index (χ3n) is 6.89. The largest absolute Gasteiger partial charge is 0.418 e. The summed E-state index contributed by atoms with van der Waals surface area (Å²) in [7, 11) is 2.17. The Hall–Kier alpha value is -2.28. The topological polar surface area (TPSA) is 31.4 Å². The molecule has 4 rings (SSSR count). The van der Waals surface area contributed by atoms with Crippen molar-refractivity contribution in [2.45, 2.75) is 32.4 Å². The van der Waals surface area contributed by atoms with E-state index < -0.39 is 11.7 Å². The van der Waals surface area contributed by atoms with Crippen LogP contribution in [0, 0.1) is 17.8 Å². The minimum Gasteiger partial charge on any atom is -0.388 e. The highest BCUT2D eigenvalue weighted by Gasteiger charge is 2.35. The lowest BCUT2D eigenvalue weighted by Gasteiger charge is -2.40. The van der Waals surface area contributed by atoms with E-state index in [1.54, 1.807) is 18.2 Å². The van der Waals surface area contributed by atoms with Gasteiger partial charge in [0.1, 0.15) is 0 Å². The third-order valence-corrected chi connectivity index (χ3v) is 6.89. The Morgan fingerprint density at radius 1 is 1.22 bits per heavy atom. The first kappa shape index (κ1) is 22.9. The molecule has 0 radical (unpaired) electrons. The van der Waals surface area contributed by atoms with Crippen molar-refractivity contribution in [2.24, 2.45) is 17.8 Å². The number of alkyl halides is 3. The predicted octanol–water partition coefficient (Wildman–Crippen LogP) is 5.16. The second kappa shape index (κ2) is 9.30. The monoisotopic (exact) mass is 446 g/mol. The van der Waals surface area contributed by atoms with E-state index in [0.717, 1.165) is 44.0 Å². The molecule has 174 valence electrons. The maximum Gasteiger partial charge on any atom is 0.418 e. The van der Waals surface area contributed by atoms with Crippen LogP contribution >= 0.6 is 0 Å². The lowest BCUT2D eigenvalue weighted by atomic mass is 9.87. The predicted molar refractivity (Wildman–Crippen MR) is 124 cm³/mol. The molecular formula is C25H33F3N4. The molecule has 1 aromatic carbocycles. The first-order valence-electron chi connectivity index (χ1n) is 11.5. The molecule has 4 nitrogen and oxygen atoms in total. The minimum absolute atomic E-state index is 0.0191. The minimum atomic E-state index is -4.42. The molecule has 0 aliphatic carbocycles. The van der Waals surface area contributed by atoms with Crippen LogP contribution in [0.2, 0.25) is 0 Å². The smallest absolute Gasteiger partial charge is 0.388 e. The molecule has 3 atom stereocenters. The normalized spacial score (nSPS) is 25.2. The lowest BCUT2D eigenvalue weighted by molar-refractivity contribution is -0.136. The molecule has 0 amide bonds. The summed E-state index contributed by atoms with van der Waals surface area (Å²) in [6, 6.07) is 6.23. The van der Waals surface area contributed by atoms with Gasteiger partial charge in [-0.2, -0.15) is 13.2 Å². The Bertz CT molecular complexity index is 958. The van der Waals surface area contributed by atoms with E-state index in [-0.39, 0.29) is 11.4 Å². The van der Waals surface area contributed by atoms with Crippen LogP contribution in [-0.4, -0.2) is 49.7 Å². The van der Waals surface area contributed by atoms with Gasteiger partial charge >= 0.3 is 6.18 Å². The summed E-state index contributed by atoms with van der Waals surface area (Å²) in [5, 5.41) is 4.15. The number of likely N-dealkylation sites (tertiary alicyclic amines) is 1. The fraction of sp³-hybridized carbons (Fsp3) is 0.560. The third kappa shape index (κ3) is 5.03. The highest BCUT2D eigenvalue weighted by atomic mass is 19.4. The molecule has 3 unspecified atom stereocenters. The average Bonchev–Trinajstić information content (AvgIpc) is 2.75. The summed E-state index contributed by atoms with van der Waals surface area (Å²) in [6.07, 6.45) is 0.510. The van der Waals surface area contributed by atoms with Crippen molar-refractivity contribution >= 4 is 16.6 Å². The van der Waals surface area contributed by atoms with Gasteiger partial charge in [-0.1, -0.05) is 13.5 Å². The molecule has 7 heteroatoms. The van der Waals surface area contributed by atoms with Crippen LogP contribution in [0.15, 0.2) is 42.7 Å². The molecule has 2 saturated heterocycles. The Balaban J connectivity index is 1.51. The van der Waals surface area contributed by atoms with Crippen molar-refractivity contribution in [1.29, 1.82) is 0 Å². The number of pyridine rings is 1. The summed E-state index contributed by atoms with van der Waals surface area (Å²) < 4.78 is 40.5. The van der Waals surface area contributed by atoms with E-state index in [1.807, 2.05) is 0 Å². The van der Waals surface area contributed by atoms with Crippen LogP contribution < -0.4 is 10.2 Å². The fourth-order valence-corrected chi connectivity index (χ4v) is 5.32. The van der Waals surface area contributed by atoms with Crippen molar-refractivity contribution in [3.05, 3.63) is 48.3 Å². The van der Waals surface area contributed by atoms with E-state index in [4.69, 9.17) is 0 Å². The number of fused-ring (bicyclic) bond motifs is 1.